The average Bonchev–Trinajstić information content (AvgIpc) is 3.13. The molecule has 0 unspecified atom stereocenters. The number of hydrogen-bond donors (Lipinski definition) is 2. The van der Waals surface area contributed by atoms with Crippen molar-refractivity contribution in [2.45, 2.75) is 12.8 Å². The summed E-state index contributed by atoms with van der Waals surface area (Å²) in [7, 11) is 0. The Hall–Kier alpha value is -0.700. The van der Waals surface area contributed by atoms with E-state index in [0.717, 1.165) is 12.8 Å². The van der Waals surface area contributed by atoms with Crippen molar-refractivity contribution in [1.29, 1.82) is 5.41 Å². The highest BCUT2D eigenvalue weighted by Crippen LogP contribution is 2.38. The Bertz CT molecular complexity index is 501. The van der Waals surface area contributed by atoms with Crippen LogP contribution in [-0.4, -0.2) is 16.7 Å². The Balaban J connectivity index is 2.44. The SMILES string of the molecule is N=C(/C(CCl)=C(\O)C1CC1)c1c(Cl)cccc1Cl. The largest absolute Gasteiger partial charge is 0.512 e. The fourth-order valence-corrected chi connectivity index (χ4v) is 2.61. The van der Waals surface area contributed by atoms with Gasteiger partial charge in [0.2, 0.25) is 0 Å². The summed E-state index contributed by atoms with van der Waals surface area (Å²) in [5, 5.41) is 19.0. The smallest absolute Gasteiger partial charge is 0.102 e. The minimum Gasteiger partial charge on any atom is -0.512 e. The van der Waals surface area contributed by atoms with Gasteiger partial charge in [0.1, 0.15) is 5.76 Å². The van der Waals surface area contributed by atoms with E-state index in [1.165, 1.54) is 0 Å². The van der Waals surface area contributed by atoms with E-state index in [1.54, 1.807) is 18.2 Å². The molecule has 18 heavy (non-hydrogen) atoms. The Morgan fingerprint density at radius 3 is 2.28 bits per heavy atom. The second kappa shape index (κ2) is 5.52. The summed E-state index contributed by atoms with van der Waals surface area (Å²) in [5.41, 5.74) is 0.933. The highest BCUT2D eigenvalue weighted by atomic mass is 35.5. The molecular formula is C13H12Cl3NO. The molecule has 0 spiro atoms. The van der Waals surface area contributed by atoms with Crippen LogP contribution in [0.4, 0.5) is 0 Å². The summed E-state index contributed by atoms with van der Waals surface area (Å²) >= 11 is 17.9. The van der Waals surface area contributed by atoms with Crippen LogP contribution in [0.5, 0.6) is 0 Å². The van der Waals surface area contributed by atoms with Gasteiger partial charge in [0, 0.05) is 17.1 Å². The summed E-state index contributed by atoms with van der Waals surface area (Å²) in [6, 6.07) is 5.04. The molecule has 0 atom stereocenters. The van der Waals surface area contributed by atoms with Gasteiger partial charge in [-0.1, -0.05) is 29.3 Å². The second-order valence-electron chi connectivity index (χ2n) is 4.24. The maximum absolute atomic E-state index is 10.0. The monoisotopic (exact) mass is 303 g/mol. The number of aliphatic hydroxyl groups is 1. The Morgan fingerprint density at radius 1 is 1.28 bits per heavy atom. The first-order valence-corrected chi connectivity index (χ1v) is 6.86. The van der Waals surface area contributed by atoms with E-state index in [0.29, 0.717) is 21.2 Å². The van der Waals surface area contributed by atoms with Crippen molar-refractivity contribution in [3.8, 4) is 0 Å². The van der Waals surface area contributed by atoms with Gasteiger partial charge in [0.25, 0.3) is 0 Å². The van der Waals surface area contributed by atoms with Gasteiger partial charge in [-0.3, -0.25) is 5.41 Å². The summed E-state index contributed by atoms with van der Waals surface area (Å²) in [4.78, 5) is 0. The van der Waals surface area contributed by atoms with Crippen molar-refractivity contribution in [2.24, 2.45) is 5.92 Å². The van der Waals surface area contributed by atoms with Gasteiger partial charge in [0.15, 0.2) is 0 Å². The average molecular weight is 305 g/mol. The van der Waals surface area contributed by atoms with Crippen molar-refractivity contribution >= 4 is 40.5 Å². The van der Waals surface area contributed by atoms with E-state index in [-0.39, 0.29) is 23.3 Å². The molecule has 96 valence electrons. The van der Waals surface area contributed by atoms with Gasteiger partial charge in [0.05, 0.1) is 21.6 Å². The van der Waals surface area contributed by atoms with Crippen LogP contribution in [-0.2, 0) is 0 Å². The van der Waals surface area contributed by atoms with Crippen LogP contribution in [0.3, 0.4) is 0 Å². The lowest BCUT2D eigenvalue weighted by Crippen LogP contribution is -2.10. The van der Waals surface area contributed by atoms with Crippen LogP contribution in [0.2, 0.25) is 10.0 Å². The van der Waals surface area contributed by atoms with E-state index in [4.69, 9.17) is 40.2 Å². The first-order valence-electron chi connectivity index (χ1n) is 5.57. The van der Waals surface area contributed by atoms with Gasteiger partial charge in [-0.25, -0.2) is 0 Å². The maximum atomic E-state index is 10.0. The van der Waals surface area contributed by atoms with E-state index < -0.39 is 0 Å². The third kappa shape index (κ3) is 2.66. The van der Waals surface area contributed by atoms with Crippen molar-refractivity contribution in [2.75, 3.05) is 5.88 Å². The molecule has 0 amide bonds. The van der Waals surface area contributed by atoms with Crippen LogP contribution < -0.4 is 0 Å². The molecule has 2 rings (SSSR count). The van der Waals surface area contributed by atoms with Crippen LogP contribution in [0, 0.1) is 11.3 Å². The molecule has 1 aromatic rings. The lowest BCUT2D eigenvalue weighted by atomic mass is 10.0. The quantitative estimate of drug-likeness (QED) is 0.467. The standard InChI is InChI=1S/C13H12Cl3NO/c14-6-8(13(18)7-4-5-7)12(17)11-9(15)2-1-3-10(11)16/h1-3,7,17-18H,4-6H2/b13-8-,17-12?. The van der Waals surface area contributed by atoms with Crippen LogP contribution >= 0.6 is 34.8 Å². The lowest BCUT2D eigenvalue weighted by molar-refractivity contribution is 0.375. The zero-order valence-corrected chi connectivity index (χ0v) is 11.8. The molecule has 1 aliphatic carbocycles. The fraction of sp³-hybridized carbons (Fsp3) is 0.308. The molecule has 0 heterocycles. The predicted octanol–water partition coefficient (Wildman–Crippen LogP) is 4.82. The number of alkyl halides is 1. The Labute approximate surface area is 121 Å². The van der Waals surface area contributed by atoms with E-state index in [9.17, 15) is 5.11 Å². The number of rotatable bonds is 4. The molecule has 1 aliphatic rings. The van der Waals surface area contributed by atoms with E-state index in [2.05, 4.69) is 0 Å². The molecule has 0 radical (unpaired) electrons. The highest BCUT2D eigenvalue weighted by Gasteiger charge is 2.30. The minimum atomic E-state index is 0.0721. The third-order valence-electron chi connectivity index (χ3n) is 2.92. The number of allylic oxidation sites excluding steroid dienone is 2. The molecule has 0 aromatic heterocycles. The zero-order chi connectivity index (χ0) is 13.3. The van der Waals surface area contributed by atoms with Crippen molar-refractivity contribution in [1.82, 2.24) is 0 Å². The number of hydrogen-bond acceptors (Lipinski definition) is 2. The Kier molecular flexibility index (Phi) is 4.21. The predicted molar refractivity (Wildman–Crippen MR) is 76.4 cm³/mol. The summed E-state index contributed by atoms with van der Waals surface area (Å²) in [6.45, 7) is 0. The van der Waals surface area contributed by atoms with Crippen molar-refractivity contribution < 1.29 is 5.11 Å². The number of nitrogens with one attached hydrogen (secondary N) is 1. The first kappa shape index (κ1) is 13.7. The molecule has 1 saturated carbocycles. The first-order chi connectivity index (χ1) is 8.56. The van der Waals surface area contributed by atoms with Crippen molar-refractivity contribution in [3.63, 3.8) is 0 Å². The van der Waals surface area contributed by atoms with Gasteiger partial charge in [-0.05, 0) is 25.0 Å². The normalized spacial score (nSPS) is 16.4. The summed E-state index contributed by atoms with van der Waals surface area (Å²) in [5.74, 6) is 0.411. The highest BCUT2D eigenvalue weighted by molar-refractivity contribution is 6.41. The second-order valence-corrected chi connectivity index (χ2v) is 5.33. The number of benzene rings is 1. The molecule has 1 aromatic carbocycles. The minimum absolute atomic E-state index is 0.0721. The van der Waals surface area contributed by atoms with Crippen molar-refractivity contribution in [3.05, 3.63) is 45.1 Å². The lowest BCUT2D eigenvalue weighted by Gasteiger charge is -2.12. The van der Waals surface area contributed by atoms with Gasteiger partial charge in [-0.15, -0.1) is 11.6 Å². The topological polar surface area (TPSA) is 44.1 Å². The van der Waals surface area contributed by atoms with E-state index >= 15 is 0 Å². The van der Waals surface area contributed by atoms with Gasteiger partial charge >= 0.3 is 0 Å². The molecule has 5 heteroatoms. The van der Waals surface area contributed by atoms with Crippen LogP contribution in [0.15, 0.2) is 29.5 Å². The molecular weight excluding hydrogens is 293 g/mol. The number of aliphatic hydroxyl groups excluding tert-OH is 1. The van der Waals surface area contributed by atoms with Crippen LogP contribution in [0.1, 0.15) is 18.4 Å². The maximum Gasteiger partial charge on any atom is 0.102 e. The molecule has 2 N–H and O–H groups in total. The number of halogens is 3. The molecule has 0 saturated heterocycles. The molecule has 2 nitrogen and oxygen atoms in total. The van der Waals surface area contributed by atoms with Gasteiger partial charge in [-0.2, -0.15) is 0 Å². The Morgan fingerprint density at radius 2 is 1.83 bits per heavy atom. The molecule has 1 fully saturated rings. The zero-order valence-electron chi connectivity index (χ0n) is 9.51. The third-order valence-corrected chi connectivity index (χ3v) is 3.82. The summed E-state index contributed by atoms with van der Waals surface area (Å²) in [6.07, 6.45) is 1.88. The summed E-state index contributed by atoms with van der Waals surface area (Å²) < 4.78 is 0. The van der Waals surface area contributed by atoms with Crippen LogP contribution in [0.25, 0.3) is 0 Å². The fourth-order valence-electron chi connectivity index (χ4n) is 1.75. The van der Waals surface area contributed by atoms with Gasteiger partial charge < -0.3 is 5.11 Å². The molecule has 0 aliphatic heterocycles. The van der Waals surface area contributed by atoms with E-state index in [1.807, 2.05) is 0 Å². The molecule has 0 bridgehead atoms.